The average Bonchev–Trinajstić information content (AvgIpc) is 2.10. The Hall–Kier alpha value is -0.610. The predicted molar refractivity (Wildman–Crippen MR) is 57.6 cm³/mol. The number of rotatable bonds is 7. The average molecular weight is 215 g/mol. The molecule has 1 rings (SSSR count). The van der Waals surface area contributed by atoms with Crippen LogP contribution in [0, 0.1) is 5.92 Å². The molecule has 0 atom stereocenters. The van der Waals surface area contributed by atoms with Crippen molar-refractivity contribution in [2.24, 2.45) is 5.92 Å². The van der Waals surface area contributed by atoms with E-state index in [9.17, 15) is 4.79 Å². The van der Waals surface area contributed by atoms with Crippen LogP contribution >= 0.6 is 0 Å². The smallest absolute Gasteiger partial charge is 0.220 e. The molecule has 15 heavy (non-hydrogen) atoms. The number of hydrogen-bond acceptors (Lipinski definition) is 3. The van der Waals surface area contributed by atoms with Gasteiger partial charge < -0.3 is 14.8 Å². The van der Waals surface area contributed by atoms with Crippen molar-refractivity contribution in [3.05, 3.63) is 0 Å². The van der Waals surface area contributed by atoms with Gasteiger partial charge in [0.2, 0.25) is 5.91 Å². The highest BCUT2D eigenvalue weighted by Crippen LogP contribution is 2.13. The molecular weight excluding hydrogens is 194 g/mol. The zero-order chi connectivity index (χ0) is 11.1. The summed E-state index contributed by atoms with van der Waals surface area (Å²) < 4.78 is 10.4. The van der Waals surface area contributed by atoms with Crippen LogP contribution in [0.2, 0.25) is 0 Å². The van der Waals surface area contributed by atoms with Gasteiger partial charge in [-0.3, -0.25) is 4.79 Å². The Morgan fingerprint density at radius 3 is 2.80 bits per heavy atom. The molecule has 1 fully saturated rings. The Labute approximate surface area is 91.3 Å². The van der Waals surface area contributed by atoms with E-state index < -0.39 is 0 Å². The zero-order valence-corrected chi connectivity index (χ0v) is 9.62. The number of ether oxygens (including phenoxy) is 2. The standard InChI is InChI=1S/C11H21NO3/c1-9(2)15-5-3-4-12-11(13)6-10-7-14-8-10/h9-10H,3-8H2,1-2H3,(H,12,13). The van der Waals surface area contributed by atoms with Crippen LogP contribution in [0.5, 0.6) is 0 Å². The summed E-state index contributed by atoms with van der Waals surface area (Å²) in [4.78, 5) is 11.3. The van der Waals surface area contributed by atoms with Gasteiger partial charge in [-0.1, -0.05) is 0 Å². The molecule has 0 saturated carbocycles. The normalized spacial score (nSPS) is 16.5. The molecule has 4 heteroatoms. The van der Waals surface area contributed by atoms with Gasteiger partial charge in [-0.2, -0.15) is 0 Å². The molecule has 1 heterocycles. The molecule has 0 unspecified atom stereocenters. The van der Waals surface area contributed by atoms with Gasteiger partial charge in [0, 0.05) is 25.5 Å². The molecule has 0 radical (unpaired) electrons. The third-order valence-electron chi connectivity index (χ3n) is 2.28. The highest BCUT2D eigenvalue weighted by Gasteiger charge is 2.21. The molecule has 1 N–H and O–H groups in total. The van der Waals surface area contributed by atoms with Crippen molar-refractivity contribution in [2.45, 2.75) is 32.8 Å². The van der Waals surface area contributed by atoms with Crippen LogP contribution in [-0.2, 0) is 14.3 Å². The highest BCUT2D eigenvalue weighted by atomic mass is 16.5. The molecule has 0 aliphatic carbocycles. The van der Waals surface area contributed by atoms with Crippen molar-refractivity contribution in [1.29, 1.82) is 0 Å². The van der Waals surface area contributed by atoms with Gasteiger partial charge in [-0.25, -0.2) is 0 Å². The fourth-order valence-corrected chi connectivity index (χ4v) is 1.36. The van der Waals surface area contributed by atoms with Crippen molar-refractivity contribution in [3.8, 4) is 0 Å². The lowest BCUT2D eigenvalue weighted by Gasteiger charge is -2.25. The number of carbonyl (C=O) groups excluding carboxylic acids is 1. The van der Waals surface area contributed by atoms with E-state index in [0.717, 1.165) is 19.6 Å². The SMILES string of the molecule is CC(C)OCCCNC(=O)CC1COC1. The second kappa shape index (κ2) is 6.80. The fourth-order valence-electron chi connectivity index (χ4n) is 1.36. The quantitative estimate of drug-likeness (QED) is 0.643. The van der Waals surface area contributed by atoms with E-state index in [2.05, 4.69) is 5.32 Å². The van der Waals surface area contributed by atoms with E-state index in [4.69, 9.17) is 9.47 Å². The first kappa shape index (κ1) is 12.5. The topological polar surface area (TPSA) is 47.6 Å². The minimum absolute atomic E-state index is 0.132. The first-order valence-corrected chi connectivity index (χ1v) is 5.64. The monoisotopic (exact) mass is 215 g/mol. The summed E-state index contributed by atoms with van der Waals surface area (Å²) in [5.74, 6) is 0.574. The summed E-state index contributed by atoms with van der Waals surface area (Å²) in [5.41, 5.74) is 0. The third kappa shape index (κ3) is 5.74. The largest absolute Gasteiger partial charge is 0.381 e. The molecule has 0 spiro atoms. The van der Waals surface area contributed by atoms with Crippen LogP contribution in [0.4, 0.5) is 0 Å². The summed E-state index contributed by atoms with van der Waals surface area (Å²) >= 11 is 0. The van der Waals surface area contributed by atoms with Crippen LogP contribution in [0.25, 0.3) is 0 Å². The van der Waals surface area contributed by atoms with Crippen molar-refractivity contribution >= 4 is 5.91 Å². The molecule has 0 aromatic carbocycles. The molecule has 0 bridgehead atoms. The van der Waals surface area contributed by atoms with E-state index >= 15 is 0 Å². The van der Waals surface area contributed by atoms with Gasteiger partial charge in [0.15, 0.2) is 0 Å². The molecule has 0 aromatic heterocycles. The molecule has 4 nitrogen and oxygen atoms in total. The first-order chi connectivity index (χ1) is 7.18. The maximum Gasteiger partial charge on any atom is 0.220 e. The highest BCUT2D eigenvalue weighted by molar-refractivity contribution is 5.76. The number of carbonyl (C=O) groups is 1. The molecule has 0 aromatic rings. The van der Waals surface area contributed by atoms with Crippen molar-refractivity contribution < 1.29 is 14.3 Å². The summed E-state index contributed by atoms with van der Waals surface area (Å²) in [6.45, 7) is 6.92. The lowest BCUT2D eigenvalue weighted by atomic mass is 10.0. The Morgan fingerprint density at radius 2 is 2.27 bits per heavy atom. The minimum atomic E-state index is 0.132. The fraction of sp³-hybridized carbons (Fsp3) is 0.909. The Morgan fingerprint density at radius 1 is 1.53 bits per heavy atom. The lowest BCUT2D eigenvalue weighted by Crippen LogP contribution is -2.34. The molecular formula is C11H21NO3. The molecule has 1 saturated heterocycles. The van der Waals surface area contributed by atoms with E-state index in [1.54, 1.807) is 0 Å². The minimum Gasteiger partial charge on any atom is -0.381 e. The Bertz CT molecular complexity index is 190. The third-order valence-corrected chi connectivity index (χ3v) is 2.28. The van der Waals surface area contributed by atoms with Crippen LogP contribution in [0.1, 0.15) is 26.7 Å². The Balaban J connectivity index is 1.88. The van der Waals surface area contributed by atoms with Gasteiger partial charge in [0.25, 0.3) is 0 Å². The van der Waals surface area contributed by atoms with Crippen molar-refractivity contribution in [3.63, 3.8) is 0 Å². The van der Waals surface area contributed by atoms with Crippen molar-refractivity contribution in [2.75, 3.05) is 26.4 Å². The predicted octanol–water partition coefficient (Wildman–Crippen LogP) is 0.954. The van der Waals surface area contributed by atoms with Crippen LogP contribution in [0.3, 0.4) is 0 Å². The molecule has 1 aliphatic heterocycles. The van der Waals surface area contributed by atoms with Gasteiger partial charge in [0.05, 0.1) is 19.3 Å². The van der Waals surface area contributed by atoms with E-state index in [-0.39, 0.29) is 12.0 Å². The molecule has 1 aliphatic rings. The van der Waals surface area contributed by atoms with Crippen LogP contribution in [0.15, 0.2) is 0 Å². The van der Waals surface area contributed by atoms with Crippen molar-refractivity contribution in [1.82, 2.24) is 5.32 Å². The molecule has 1 amide bonds. The zero-order valence-electron chi connectivity index (χ0n) is 9.62. The number of nitrogens with one attached hydrogen (secondary N) is 1. The lowest BCUT2D eigenvalue weighted by molar-refractivity contribution is -0.126. The molecule has 88 valence electrons. The number of hydrogen-bond donors (Lipinski definition) is 1. The second-order valence-electron chi connectivity index (χ2n) is 4.23. The summed E-state index contributed by atoms with van der Waals surface area (Å²) in [5, 5.41) is 2.88. The maximum absolute atomic E-state index is 11.3. The van der Waals surface area contributed by atoms with E-state index in [1.165, 1.54) is 0 Å². The Kier molecular flexibility index (Phi) is 5.65. The van der Waals surface area contributed by atoms with E-state index in [1.807, 2.05) is 13.8 Å². The number of amides is 1. The maximum atomic E-state index is 11.3. The van der Waals surface area contributed by atoms with Gasteiger partial charge in [-0.15, -0.1) is 0 Å². The summed E-state index contributed by atoms with van der Waals surface area (Å²) in [7, 11) is 0. The van der Waals surface area contributed by atoms with Crippen LogP contribution < -0.4 is 5.32 Å². The summed E-state index contributed by atoms with van der Waals surface area (Å²) in [6, 6.07) is 0. The van der Waals surface area contributed by atoms with Gasteiger partial charge in [0.1, 0.15) is 0 Å². The second-order valence-corrected chi connectivity index (χ2v) is 4.23. The van der Waals surface area contributed by atoms with Gasteiger partial charge >= 0.3 is 0 Å². The van der Waals surface area contributed by atoms with Crippen LogP contribution in [-0.4, -0.2) is 38.4 Å². The summed E-state index contributed by atoms with van der Waals surface area (Å²) in [6.07, 6.45) is 1.75. The first-order valence-electron chi connectivity index (χ1n) is 5.64. The van der Waals surface area contributed by atoms with E-state index in [0.29, 0.717) is 25.5 Å². The van der Waals surface area contributed by atoms with Gasteiger partial charge in [-0.05, 0) is 20.3 Å².